The third-order valence-electron chi connectivity index (χ3n) is 3.88. The molecule has 2 aromatic carbocycles. The van der Waals surface area contributed by atoms with Crippen molar-refractivity contribution in [2.24, 2.45) is 0 Å². The van der Waals surface area contributed by atoms with E-state index in [9.17, 15) is 35.1 Å². The Morgan fingerprint density at radius 2 is 1.57 bits per heavy atom. The molecule has 2 N–H and O–H groups in total. The maximum Gasteiger partial charge on any atom is 0.516 e. The van der Waals surface area contributed by atoms with Crippen LogP contribution in [-0.2, 0) is 19.9 Å². The fourth-order valence-electron chi connectivity index (χ4n) is 2.38. The van der Waals surface area contributed by atoms with Crippen LogP contribution in [0.2, 0.25) is 0 Å². The highest BCUT2D eigenvalue weighted by molar-refractivity contribution is 7.93. The number of alkyl halides is 3. The molecule has 0 aliphatic heterocycles. The maximum atomic E-state index is 12.9. The summed E-state index contributed by atoms with van der Waals surface area (Å²) >= 11 is 0. The maximum absolute atomic E-state index is 12.9. The average molecular weight is 439 g/mol. The average Bonchev–Trinajstić information content (AvgIpc) is 2.58. The van der Waals surface area contributed by atoms with E-state index < -0.39 is 41.7 Å². The van der Waals surface area contributed by atoms with Gasteiger partial charge in [-0.3, -0.25) is 4.72 Å². The van der Waals surface area contributed by atoms with E-state index in [1.165, 1.54) is 43.0 Å². The van der Waals surface area contributed by atoms with Gasteiger partial charge in [0.15, 0.2) is 0 Å². The number of sulfone groups is 1. The van der Waals surface area contributed by atoms with Crippen LogP contribution in [0, 0.1) is 13.8 Å². The number of benzene rings is 2. The van der Waals surface area contributed by atoms with Gasteiger partial charge in [-0.15, -0.1) is 0 Å². The second-order valence-electron chi connectivity index (χ2n) is 5.77. The van der Waals surface area contributed by atoms with Crippen LogP contribution in [0.1, 0.15) is 11.1 Å². The van der Waals surface area contributed by atoms with E-state index >= 15 is 0 Å². The lowest BCUT2D eigenvalue weighted by Crippen LogP contribution is -2.30. The lowest BCUT2D eigenvalue weighted by molar-refractivity contribution is -0.0429. The van der Waals surface area contributed by atoms with Crippen molar-refractivity contribution in [2.45, 2.75) is 29.1 Å². The first-order chi connectivity index (χ1) is 12.7. The van der Waals surface area contributed by atoms with Gasteiger partial charge in [0.05, 0.1) is 17.7 Å². The first kappa shape index (κ1) is 21.8. The van der Waals surface area contributed by atoms with Crippen molar-refractivity contribution >= 4 is 25.5 Å². The molecule has 0 unspecified atom stereocenters. The molecule has 0 heterocycles. The summed E-state index contributed by atoms with van der Waals surface area (Å²) in [5.74, 6) is -0.328. The molecule has 0 radical (unpaired) electrons. The second kappa shape index (κ2) is 7.17. The van der Waals surface area contributed by atoms with Gasteiger partial charge in [-0.25, -0.2) is 8.42 Å². The zero-order valence-corrected chi connectivity index (χ0v) is 16.5. The zero-order chi connectivity index (χ0) is 21.5. The number of phenols is 1. The van der Waals surface area contributed by atoms with Gasteiger partial charge in [-0.2, -0.15) is 21.6 Å². The van der Waals surface area contributed by atoms with E-state index in [0.29, 0.717) is 5.75 Å². The van der Waals surface area contributed by atoms with Gasteiger partial charge < -0.3 is 9.84 Å². The number of aromatic hydroxyl groups is 1. The number of aryl methyl sites for hydroxylation is 1. The van der Waals surface area contributed by atoms with E-state index in [-0.39, 0.29) is 16.0 Å². The normalized spacial score (nSPS) is 12.6. The number of rotatable bonds is 5. The lowest BCUT2D eigenvalue weighted by Gasteiger charge is -2.18. The van der Waals surface area contributed by atoms with E-state index in [4.69, 9.17) is 4.74 Å². The number of ether oxygens (including phenoxy) is 1. The number of halogens is 3. The van der Waals surface area contributed by atoms with E-state index in [0.717, 1.165) is 13.0 Å². The lowest BCUT2D eigenvalue weighted by atomic mass is 10.1. The molecule has 0 aliphatic carbocycles. The summed E-state index contributed by atoms with van der Waals surface area (Å²) in [6, 6.07) is 6.00. The topological polar surface area (TPSA) is 110 Å². The summed E-state index contributed by atoms with van der Waals surface area (Å²) in [4.78, 5) is -0.959. The third-order valence-corrected chi connectivity index (χ3v) is 6.91. The van der Waals surface area contributed by atoms with E-state index in [1.807, 2.05) is 0 Å². The highest BCUT2D eigenvalue weighted by Gasteiger charge is 2.46. The number of methoxy groups -OCH3 is 1. The van der Waals surface area contributed by atoms with Gasteiger partial charge in [-0.1, -0.05) is 0 Å². The minimum atomic E-state index is -5.78. The van der Waals surface area contributed by atoms with Crippen molar-refractivity contribution in [3.05, 3.63) is 41.5 Å². The Morgan fingerprint density at radius 3 is 2.04 bits per heavy atom. The Balaban J connectivity index is 2.69. The SMILES string of the molecule is COc1ccc(S(=O)(=O)c2c(C)c(NS(=O)(=O)C(F)(F)F)cc(C)c2O)cc1. The van der Waals surface area contributed by atoms with Crippen LogP contribution >= 0.6 is 0 Å². The third kappa shape index (κ3) is 3.87. The summed E-state index contributed by atoms with van der Waals surface area (Å²) in [6.45, 7) is 2.32. The van der Waals surface area contributed by atoms with E-state index in [2.05, 4.69) is 0 Å². The Bertz CT molecular complexity index is 1110. The highest BCUT2D eigenvalue weighted by Crippen LogP contribution is 2.39. The van der Waals surface area contributed by atoms with Crippen LogP contribution < -0.4 is 9.46 Å². The Labute approximate surface area is 159 Å². The molecule has 154 valence electrons. The molecule has 0 atom stereocenters. The summed E-state index contributed by atoms with van der Waals surface area (Å²) in [5.41, 5.74) is -6.72. The summed E-state index contributed by atoms with van der Waals surface area (Å²) in [6.07, 6.45) is 0. The molecule has 0 bridgehead atoms. The van der Waals surface area contributed by atoms with Gasteiger partial charge in [-0.05, 0) is 55.3 Å². The van der Waals surface area contributed by atoms with Crippen LogP contribution in [0.5, 0.6) is 11.5 Å². The molecule has 0 fully saturated rings. The molecular weight excluding hydrogens is 423 g/mol. The molecule has 2 rings (SSSR count). The van der Waals surface area contributed by atoms with Gasteiger partial charge in [0.1, 0.15) is 16.4 Å². The van der Waals surface area contributed by atoms with E-state index in [1.54, 1.807) is 0 Å². The number of sulfonamides is 1. The minimum Gasteiger partial charge on any atom is -0.506 e. The van der Waals surface area contributed by atoms with Crippen LogP contribution in [0.3, 0.4) is 0 Å². The van der Waals surface area contributed by atoms with Crippen molar-refractivity contribution in [1.82, 2.24) is 0 Å². The Morgan fingerprint density at radius 1 is 1.04 bits per heavy atom. The first-order valence-corrected chi connectivity index (χ1v) is 10.5. The summed E-state index contributed by atoms with van der Waals surface area (Å²) in [5, 5.41) is 10.3. The fraction of sp³-hybridized carbons (Fsp3) is 0.250. The number of nitrogens with one attached hydrogen (secondary N) is 1. The standard InChI is InChI=1S/C16H16F3NO6S2/c1-9-8-13(20-28(24,25)16(17,18)19)10(2)15(14(9)21)27(22,23)12-6-4-11(26-3)5-7-12/h4-8,20-21H,1-3H3. The van der Waals surface area contributed by atoms with Gasteiger partial charge >= 0.3 is 15.5 Å². The summed E-state index contributed by atoms with van der Waals surface area (Å²) in [7, 11) is -8.79. The van der Waals surface area contributed by atoms with Crippen molar-refractivity contribution in [2.75, 3.05) is 11.8 Å². The Kier molecular flexibility index (Phi) is 5.59. The molecule has 0 aromatic heterocycles. The van der Waals surface area contributed by atoms with Crippen LogP contribution in [-0.4, -0.2) is 34.6 Å². The Hall–Kier alpha value is -2.47. The molecule has 0 spiro atoms. The fourth-order valence-corrected chi connectivity index (χ4v) is 4.66. The zero-order valence-electron chi connectivity index (χ0n) is 14.8. The van der Waals surface area contributed by atoms with Gasteiger partial charge in [0, 0.05) is 0 Å². The van der Waals surface area contributed by atoms with Crippen molar-refractivity contribution < 1.29 is 39.9 Å². The largest absolute Gasteiger partial charge is 0.516 e. The van der Waals surface area contributed by atoms with Crippen LogP contribution in [0.15, 0.2) is 40.1 Å². The molecule has 28 heavy (non-hydrogen) atoms. The number of anilines is 1. The molecule has 0 saturated heterocycles. The van der Waals surface area contributed by atoms with Crippen LogP contribution in [0.4, 0.5) is 18.9 Å². The molecule has 0 amide bonds. The van der Waals surface area contributed by atoms with Crippen molar-refractivity contribution in [3.63, 3.8) is 0 Å². The second-order valence-corrected chi connectivity index (χ2v) is 9.33. The van der Waals surface area contributed by atoms with Gasteiger partial charge in [0.25, 0.3) is 0 Å². The van der Waals surface area contributed by atoms with Gasteiger partial charge in [0.2, 0.25) is 9.84 Å². The number of phenolic OH excluding ortho intramolecular Hbond substituents is 1. The number of hydrogen-bond donors (Lipinski definition) is 2. The molecule has 0 aliphatic rings. The predicted molar refractivity (Wildman–Crippen MR) is 94.6 cm³/mol. The highest BCUT2D eigenvalue weighted by atomic mass is 32.2. The number of hydrogen-bond acceptors (Lipinski definition) is 6. The monoisotopic (exact) mass is 439 g/mol. The minimum absolute atomic E-state index is 0.127. The van der Waals surface area contributed by atoms with Crippen LogP contribution in [0.25, 0.3) is 0 Å². The molecule has 0 saturated carbocycles. The summed E-state index contributed by atoms with van der Waals surface area (Å²) < 4.78 is 93.0. The molecule has 12 heteroatoms. The quantitative estimate of drug-likeness (QED) is 0.693. The van der Waals surface area contributed by atoms with Crippen molar-refractivity contribution in [3.8, 4) is 11.5 Å². The molecule has 7 nitrogen and oxygen atoms in total. The molecule has 2 aromatic rings. The first-order valence-electron chi connectivity index (χ1n) is 7.53. The predicted octanol–water partition coefficient (Wildman–Crippen LogP) is 3.11. The smallest absolute Gasteiger partial charge is 0.506 e. The molecular formula is C16H16F3NO6S2. The van der Waals surface area contributed by atoms with Crippen molar-refractivity contribution in [1.29, 1.82) is 0 Å².